The highest BCUT2D eigenvalue weighted by molar-refractivity contribution is 5.76. The number of rotatable bonds is 60. The van der Waals surface area contributed by atoms with Crippen LogP contribution in [0.3, 0.4) is 0 Å². The fourth-order valence-corrected chi connectivity index (χ4v) is 10.2. The molecule has 0 aliphatic heterocycles. The predicted molar refractivity (Wildman–Crippen MR) is 306 cm³/mol. The maximum absolute atomic E-state index is 12.4. The SMILES string of the molecule is CCCCCCCCC/C=C\CCCCCCCCCC(=O)OCCCCCCCCCCCCCCCCCCCCCCCCCCCC(=O)NC(CO)C(O)CCCCCCCCCCCC. The van der Waals surface area contributed by atoms with Crippen LogP contribution in [0, 0.1) is 0 Å². The molecular weight excluding hydrogens is 863 g/mol. The summed E-state index contributed by atoms with van der Waals surface area (Å²) in [5.74, 6) is -0.0192. The predicted octanol–water partition coefficient (Wildman–Crippen LogP) is 20.0. The lowest BCUT2D eigenvalue weighted by Crippen LogP contribution is -2.45. The number of hydrogen-bond donors (Lipinski definition) is 3. The number of amides is 1. The molecule has 6 nitrogen and oxygen atoms in total. The van der Waals surface area contributed by atoms with Crippen molar-refractivity contribution < 1.29 is 24.5 Å². The van der Waals surface area contributed by atoms with Crippen molar-refractivity contribution in [3.8, 4) is 0 Å². The third-order valence-electron chi connectivity index (χ3n) is 15.1. The smallest absolute Gasteiger partial charge is 0.305 e. The van der Waals surface area contributed by atoms with Crippen molar-refractivity contribution in [3.63, 3.8) is 0 Å². The largest absolute Gasteiger partial charge is 0.466 e. The summed E-state index contributed by atoms with van der Waals surface area (Å²) in [7, 11) is 0. The molecule has 0 aliphatic carbocycles. The normalized spacial score (nSPS) is 12.6. The molecule has 2 atom stereocenters. The standard InChI is InChI=1S/C64H125NO5/c1-3-5-7-9-11-13-15-16-17-18-29-32-35-38-42-46-50-54-58-64(69)70-59-55-51-47-43-39-36-33-30-27-25-23-21-19-20-22-24-26-28-31-34-37-41-45-49-53-57-63(68)65-61(60-66)62(67)56-52-48-44-40-14-12-10-8-6-4-2/h17-18,61-62,66-67H,3-16,19-60H2,1-2H3,(H,65,68)/b18-17-. The summed E-state index contributed by atoms with van der Waals surface area (Å²) in [5, 5.41) is 23.2. The van der Waals surface area contributed by atoms with Crippen LogP contribution >= 0.6 is 0 Å². The molecule has 1 amide bonds. The number of aliphatic hydroxyl groups is 2. The Kier molecular flexibility index (Phi) is 59.0. The van der Waals surface area contributed by atoms with Crippen LogP contribution in [0.2, 0.25) is 0 Å². The molecule has 0 radical (unpaired) electrons. The number of nitrogens with one attached hydrogen (secondary N) is 1. The Morgan fingerprint density at radius 1 is 0.386 bits per heavy atom. The molecule has 70 heavy (non-hydrogen) atoms. The first-order valence-corrected chi connectivity index (χ1v) is 31.9. The molecule has 3 N–H and O–H groups in total. The van der Waals surface area contributed by atoms with Crippen molar-refractivity contribution in [1.82, 2.24) is 5.32 Å². The van der Waals surface area contributed by atoms with Crippen molar-refractivity contribution in [3.05, 3.63) is 12.2 Å². The van der Waals surface area contributed by atoms with E-state index in [9.17, 15) is 19.8 Å². The maximum atomic E-state index is 12.4. The lowest BCUT2D eigenvalue weighted by molar-refractivity contribution is -0.143. The Balaban J connectivity index is 3.32. The second kappa shape index (κ2) is 60.2. The van der Waals surface area contributed by atoms with Gasteiger partial charge in [-0.2, -0.15) is 0 Å². The van der Waals surface area contributed by atoms with Gasteiger partial charge < -0.3 is 20.3 Å². The van der Waals surface area contributed by atoms with Crippen LogP contribution in [-0.4, -0.2) is 47.4 Å². The topological polar surface area (TPSA) is 95.9 Å². The minimum atomic E-state index is -0.660. The van der Waals surface area contributed by atoms with Crippen LogP contribution in [0.1, 0.15) is 361 Å². The third kappa shape index (κ3) is 55.9. The molecule has 0 aliphatic rings. The Labute approximate surface area is 438 Å². The highest BCUT2D eigenvalue weighted by Crippen LogP contribution is 2.18. The second-order valence-electron chi connectivity index (χ2n) is 22.1. The van der Waals surface area contributed by atoms with Gasteiger partial charge in [0.15, 0.2) is 0 Å². The van der Waals surface area contributed by atoms with Crippen molar-refractivity contribution in [1.29, 1.82) is 0 Å². The third-order valence-corrected chi connectivity index (χ3v) is 15.1. The molecule has 0 fully saturated rings. The first-order valence-electron chi connectivity index (χ1n) is 31.9. The van der Waals surface area contributed by atoms with E-state index in [-0.39, 0.29) is 18.5 Å². The van der Waals surface area contributed by atoms with E-state index in [0.29, 0.717) is 25.9 Å². The molecular formula is C64H125NO5. The molecule has 2 unspecified atom stereocenters. The molecule has 0 aromatic carbocycles. The molecule has 0 aromatic rings. The summed E-state index contributed by atoms with van der Waals surface area (Å²) in [4.78, 5) is 24.5. The van der Waals surface area contributed by atoms with Gasteiger partial charge in [-0.3, -0.25) is 9.59 Å². The van der Waals surface area contributed by atoms with Gasteiger partial charge in [-0.1, -0.05) is 309 Å². The summed E-state index contributed by atoms with van der Waals surface area (Å²) >= 11 is 0. The molecule has 0 rings (SSSR count). The van der Waals surface area contributed by atoms with Crippen LogP contribution in [0.25, 0.3) is 0 Å². The fraction of sp³-hybridized carbons (Fsp3) is 0.938. The van der Waals surface area contributed by atoms with Crippen molar-refractivity contribution in [2.24, 2.45) is 0 Å². The van der Waals surface area contributed by atoms with Gasteiger partial charge in [0.1, 0.15) is 0 Å². The van der Waals surface area contributed by atoms with Crippen molar-refractivity contribution >= 4 is 11.9 Å². The van der Waals surface area contributed by atoms with Crippen LogP contribution in [0.15, 0.2) is 12.2 Å². The molecule has 0 saturated carbocycles. The van der Waals surface area contributed by atoms with E-state index in [0.717, 1.165) is 44.9 Å². The first-order chi connectivity index (χ1) is 34.5. The van der Waals surface area contributed by atoms with Gasteiger partial charge in [0.25, 0.3) is 0 Å². The average molecular weight is 989 g/mol. The van der Waals surface area contributed by atoms with Crippen molar-refractivity contribution in [2.75, 3.05) is 13.2 Å². The summed E-state index contributed by atoms with van der Waals surface area (Å²) in [5.41, 5.74) is 0. The van der Waals surface area contributed by atoms with Gasteiger partial charge >= 0.3 is 5.97 Å². The second-order valence-corrected chi connectivity index (χ2v) is 22.1. The zero-order valence-corrected chi connectivity index (χ0v) is 47.5. The van der Waals surface area contributed by atoms with Gasteiger partial charge in [-0.15, -0.1) is 0 Å². The lowest BCUT2D eigenvalue weighted by atomic mass is 10.0. The van der Waals surface area contributed by atoms with Gasteiger partial charge in [-0.25, -0.2) is 0 Å². The van der Waals surface area contributed by atoms with Crippen LogP contribution in [-0.2, 0) is 14.3 Å². The van der Waals surface area contributed by atoms with E-state index < -0.39 is 12.1 Å². The number of esters is 1. The molecule has 0 spiro atoms. The summed E-state index contributed by atoms with van der Waals surface area (Å²) < 4.78 is 5.50. The highest BCUT2D eigenvalue weighted by atomic mass is 16.5. The van der Waals surface area contributed by atoms with E-state index in [2.05, 4.69) is 31.3 Å². The Bertz CT molecular complexity index is 1050. The molecule has 6 heteroatoms. The minimum Gasteiger partial charge on any atom is -0.466 e. The zero-order chi connectivity index (χ0) is 50.7. The number of hydrogen-bond acceptors (Lipinski definition) is 5. The Hall–Kier alpha value is -1.40. The van der Waals surface area contributed by atoms with Gasteiger partial charge in [0, 0.05) is 12.8 Å². The summed E-state index contributed by atoms with van der Waals surface area (Å²) in [6.07, 6.45) is 72.4. The average Bonchev–Trinajstić information content (AvgIpc) is 3.36. The van der Waals surface area contributed by atoms with Gasteiger partial charge in [0.2, 0.25) is 5.91 Å². The van der Waals surface area contributed by atoms with Crippen LogP contribution in [0.5, 0.6) is 0 Å². The quantitative estimate of drug-likeness (QED) is 0.0321. The number of aliphatic hydroxyl groups excluding tert-OH is 2. The van der Waals surface area contributed by atoms with E-state index in [4.69, 9.17) is 4.74 Å². The molecule has 0 aromatic heterocycles. The molecule has 416 valence electrons. The Morgan fingerprint density at radius 2 is 0.671 bits per heavy atom. The van der Waals surface area contributed by atoms with Gasteiger partial charge in [0.05, 0.1) is 25.4 Å². The Morgan fingerprint density at radius 3 is 1.01 bits per heavy atom. The number of allylic oxidation sites excluding steroid dienone is 2. The lowest BCUT2D eigenvalue weighted by Gasteiger charge is -2.22. The van der Waals surface area contributed by atoms with E-state index >= 15 is 0 Å². The molecule has 0 saturated heterocycles. The molecule has 0 bridgehead atoms. The number of unbranched alkanes of at least 4 members (excludes halogenated alkanes) is 47. The minimum absolute atomic E-state index is 0.0141. The van der Waals surface area contributed by atoms with Gasteiger partial charge in [-0.05, 0) is 51.4 Å². The number of carbonyl (C=O) groups is 2. The highest BCUT2D eigenvalue weighted by Gasteiger charge is 2.20. The van der Waals surface area contributed by atoms with E-state index in [1.807, 2.05) is 0 Å². The maximum Gasteiger partial charge on any atom is 0.305 e. The van der Waals surface area contributed by atoms with Crippen LogP contribution in [0.4, 0.5) is 0 Å². The first kappa shape index (κ1) is 68.6. The fourth-order valence-electron chi connectivity index (χ4n) is 10.2. The number of carbonyl (C=O) groups excluding carboxylic acids is 2. The van der Waals surface area contributed by atoms with Crippen LogP contribution < -0.4 is 5.32 Å². The zero-order valence-electron chi connectivity index (χ0n) is 47.5. The van der Waals surface area contributed by atoms with Crippen molar-refractivity contribution in [2.45, 2.75) is 373 Å². The summed E-state index contributed by atoms with van der Waals surface area (Å²) in [6.45, 7) is 4.96. The van der Waals surface area contributed by atoms with E-state index in [1.165, 1.54) is 283 Å². The number of ether oxygens (including phenoxy) is 1. The van der Waals surface area contributed by atoms with E-state index in [1.54, 1.807) is 0 Å². The molecule has 0 heterocycles. The monoisotopic (exact) mass is 988 g/mol. The summed E-state index contributed by atoms with van der Waals surface area (Å²) in [6, 6.07) is -0.537.